The zero-order valence-corrected chi connectivity index (χ0v) is 14.2. The maximum absolute atomic E-state index is 12.2. The molecule has 0 fully saturated rings. The largest absolute Gasteiger partial charge is 0.478 e. The Kier molecular flexibility index (Phi) is 4.88. The first-order valence-electron chi connectivity index (χ1n) is 8.23. The topological polar surface area (TPSA) is 108 Å². The average molecular weight is 353 g/mol. The summed E-state index contributed by atoms with van der Waals surface area (Å²) >= 11 is 0. The van der Waals surface area contributed by atoms with Crippen LogP contribution in [-0.2, 0) is 4.79 Å². The van der Waals surface area contributed by atoms with Gasteiger partial charge in [-0.3, -0.25) is 9.59 Å². The molecule has 1 unspecified atom stereocenters. The molecule has 0 bridgehead atoms. The van der Waals surface area contributed by atoms with E-state index in [1.165, 1.54) is 12.1 Å². The molecule has 0 spiro atoms. The molecule has 1 aliphatic heterocycles. The van der Waals surface area contributed by atoms with Crippen LogP contribution in [-0.4, -0.2) is 35.5 Å². The van der Waals surface area contributed by atoms with Crippen molar-refractivity contribution < 1.29 is 19.5 Å². The molecule has 1 heterocycles. The Bertz CT molecular complexity index is 862. The molecular weight excluding hydrogens is 334 g/mol. The van der Waals surface area contributed by atoms with E-state index in [9.17, 15) is 14.4 Å². The third-order valence-electron chi connectivity index (χ3n) is 4.20. The van der Waals surface area contributed by atoms with Gasteiger partial charge in [-0.15, -0.1) is 0 Å². The van der Waals surface area contributed by atoms with Gasteiger partial charge in [0.1, 0.15) is 6.04 Å². The molecule has 3 rings (SSSR count). The van der Waals surface area contributed by atoms with Crippen molar-refractivity contribution in [1.82, 2.24) is 5.32 Å². The van der Waals surface area contributed by atoms with E-state index >= 15 is 0 Å². The number of aromatic carboxylic acids is 1. The van der Waals surface area contributed by atoms with E-state index in [-0.39, 0.29) is 17.4 Å². The lowest BCUT2D eigenvalue weighted by Crippen LogP contribution is -2.41. The van der Waals surface area contributed by atoms with Gasteiger partial charge in [-0.2, -0.15) is 0 Å². The molecule has 134 valence electrons. The van der Waals surface area contributed by atoms with Crippen LogP contribution in [0.2, 0.25) is 0 Å². The van der Waals surface area contributed by atoms with Crippen molar-refractivity contribution in [2.24, 2.45) is 0 Å². The number of carboxylic acid groups (broad SMARTS) is 1. The summed E-state index contributed by atoms with van der Waals surface area (Å²) in [4.78, 5) is 35.3. The van der Waals surface area contributed by atoms with Gasteiger partial charge in [-0.05, 0) is 43.7 Å². The summed E-state index contributed by atoms with van der Waals surface area (Å²) in [6.45, 7) is 2.26. The van der Waals surface area contributed by atoms with Crippen molar-refractivity contribution in [3.05, 3.63) is 59.2 Å². The zero-order valence-electron chi connectivity index (χ0n) is 14.2. The minimum Gasteiger partial charge on any atom is -0.478 e. The highest BCUT2D eigenvalue weighted by atomic mass is 16.4. The number of nitrogens with one attached hydrogen (secondary N) is 3. The van der Waals surface area contributed by atoms with Gasteiger partial charge in [0.05, 0.1) is 16.9 Å². The Morgan fingerprint density at radius 3 is 2.46 bits per heavy atom. The summed E-state index contributed by atoms with van der Waals surface area (Å²) in [7, 11) is 0. The molecule has 0 saturated heterocycles. The van der Waals surface area contributed by atoms with Crippen LogP contribution in [0.15, 0.2) is 42.5 Å². The van der Waals surface area contributed by atoms with Crippen LogP contribution in [0.1, 0.15) is 32.7 Å². The van der Waals surface area contributed by atoms with E-state index in [2.05, 4.69) is 16.0 Å². The summed E-state index contributed by atoms with van der Waals surface area (Å²) in [5.74, 6) is -1.45. The predicted molar refractivity (Wildman–Crippen MR) is 97.6 cm³/mol. The van der Waals surface area contributed by atoms with Crippen LogP contribution in [0.3, 0.4) is 0 Å². The maximum atomic E-state index is 12.2. The summed E-state index contributed by atoms with van der Waals surface area (Å²) < 4.78 is 0. The Morgan fingerprint density at radius 1 is 1.08 bits per heavy atom. The molecule has 2 aromatic carbocycles. The number of benzene rings is 2. The summed E-state index contributed by atoms with van der Waals surface area (Å²) in [5.41, 5.74) is 2.87. The second kappa shape index (κ2) is 7.26. The van der Waals surface area contributed by atoms with Gasteiger partial charge in [0.25, 0.3) is 5.91 Å². The molecule has 0 radical (unpaired) electrons. The minimum atomic E-state index is -1.03. The molecule has 1 aliphatic rings. The van der Waals surface area contributed by atoms with Gasteiger partial charge < -0.3 is 21.1 Å². The third kappa shape index (κ3) is 3.83. The number of carbonyl (C=O) groups excluding carboxylic acids is 2. The van der Waals surface area contributed by atoms with Gasteiger partial charge in [0, 0.05) is 12.1 Å². The fourth-order valence-electron chi connectivity index (χ4n) is 2.72. The quantitative estimate of drug-likeness (QED) is 0.659. The summed E-state index contributed by atoms with van der Waals surface area (Å²) in [6.07, 6.45) is 0.375. The molecule has 2 aromatic rings. The van der Waals surface area contributed by atoms with Crippen LogP contribution in [0.5, 0.6) is 0 Å². The van der Waals surface area contributed by atoms with Crippen LogP contribution >= 0.6 is 0 Å². The van der Waals surface area contributed by atoms with Crippen molar-refractivity contribution in [2.45, 2.75) is 19.4 Å². The van der Waals surface area contributed by atoms with Crippen LogP contribution < -0.4 is 16.0 Å². The van der Waals surface area contributed by atoms with Gasteiger partial charge in [-0.1, -0.05) is 17.7 Å². The predicted octanol–water partition coefficient (Wildman–Crippen LogP) is 2.25. The highest BCUT2D eigenvalue weighted by Crippen LogP contribution is 2.28. The first kappa shape index (κ1) is 17.5. The molecule has 0 aromatic heterocycles. The van der Waals surface area contributed by atoms with Gasteiger partial charge in [0.15, 0.2) is 0 Å². The second-order valence-corrected chi connectivity index (χ2v) is 6.16. The highest BCUT2D eigenvalue weighted by molar-refractivity contribution is 6.04. The SMILES string of the molecule is Cc1ccc(C(=O)NCCC2Nc3cc(C(=O)O)ccc3NC2=O)cc1. The second-order valence-electron chi connectivity index (χ2n) is 6.16. The molecule has 4 N–H and O–H groups in total. The molecule has 1 atom stereocenters. The lowest BCUT2D eigenvalue weighted by Gasteiger charge is -2.27. The monoisotopic (exact) mass is 353 g/mol. The number of anilines is 2. The Labute approximate surface area is 150 Å². The van der Waals surface area contributed by atoms with Crippen molar-refractivity contribution in [1.29, 1.82) is 0 Å². The van der Waals surface area contributed by atoms with Crippen molar-refractivity contribution in [3.63, 3.8) is 0 Å². The lowest BCUT2D eigenvalue weighted by atomic mass is 10.1. The van der Waals surface area contributed by atoms with Crippen molar-refractivity contribution in [3.8, 4) is 0 Å². The Morgan fingerprint density at radius 2 is 1.77 bits per heavy atom. The lowest BCUT2D eigenvalue weighted by molar-refractivity contribution is -0.117. The Balaban J connectivity index is 1.59. The van der Waals surface area contributed by atoms with E-state index in [0.717, 1.165) is 5.56 Å². The van der Waals surface area contributed by atoms with Crippen LogP contribution in [0.25, 0.3) is 0 Å². The van der Waals surface area contributed by atoms with E-state index in [0.29, 0.717) is 29.9 Å². The van der Waals surface area contributed by atoms with E-state index in [4.69, 9.17) is 5.11 Å². The standard InChI is InChI=1S/C19H19N3O4/c1-11-2-4-12(5-3-11)17(23)20-9-8-15-18(24)22-14-7-6-13(19(25)26)10-16(14)21-15/h2-7,10,15,21H,8-9H2,1H3,(H,20,23)(H,22,24)(H,25,26). The van der Waals surface area contributed by atoms with Crippen LogP contribution in [0, 0.1) is 6.92 Å². The van der Waals surface area contributed by atoms with Crippen LogP contribution in [0.4, 0.5) is 11.4 Å². The number of hydrogen-bond donors (Lipinski definition) is 4. The molecular formula is C19H19N3O4. The Hall–Kier alpha value is -3.35. The number of fused-ring (bicyclic) bond motifs is 1. The number of rotatable bonds is 5. The first-order valence-corrected chi connectivity index (χ1v) is 8.23. The van der Waals surface area contributed by atoms with E-state index in [1.54, 1.807) is 18.2 Å². The smallest absolute Gasteiger partial charge is 0.335 e. The van der Waals surface area contributed by atoms with Crippen molar-refractivity contribution >= 4 is 29.2 Å². The molecule has 2 amide bonds. The van der Waals surface area contributed by atoms with Crippen molar-refractivity contribution in [2.75, 3.05) is 17.2 Å². The number of aryl methyl sites for hydroxylation is 1. The third-order valence-corrected chi connectivity index (χ3v) is 4.20. The molecule has 7 nitrogen and oxygen atoms in total. The number of carboxylic acids is 1. The fourth-order valence-corrected chi connectivity index (χ4v) is 2.72. The number of amides is 2. The molecule has 26 heavy (non-hydrogen) atoms. The maximum Gasteiger partial charge on any atom is 0.335 e. The van der Waals surface area contributed by atoms with E-state index in [1.807, 2.05) is 19.1 Å². The first-order chi connectivity index (χ1) is 12.4. The normalized spacial score (nSPS) is 15.4. The minimum absolute atomic E-state index is 0.138. The summed E-state index contributed by atoms with van der Waals surface area (Å²) in [6, 6.07) is 11.1. The van der Waals surface area contributed by atoms with Gasteiger partial charge in [-0.25, -0.2) is 4.79 Å². The molecule has 0 aliphatic carbocycles. The average Bonchev–Trinajstić information content (AvgIpc) is 2.62. The van der Waals surface area contributed by atoms with E-state index < -0.39 is 12.0 Å². The highest BCUT2D eigenvalue weighted by Gasteiger charge is 2.25. The van der Waals surface area contributed by atoms with Gasteiger partial charge in [0.2, 0.25) is 5.91 Å². The zero-order chi connectivity index (χ0) is 18.7. The molecule has 7 heteroatoms. The molecule has 0 saturated carbocycles. The van der Waals surface area contributed by atoms with Gasteiger partial charge >= 0.3 is 5.97 Å². The number of hydrogen-bond acceptors (Lipinski definition) is 4. The summed E-state index contributed by atoms with van der Waals surface area (Å²) in [5, 5.41) is 17.6. The number of carbonyl (C=O) groups is 3. The fraction of sp³-hybridized carbons (Fsp3) is 0.211.